The zero-order chi connectivity index (χ0) is 29.2. The predicted molar refractivity (Wildman–Crippen MR) is 162 cm³/mol. The number of carbonyl (C=O) groups is 2. The van der Waals surface area contributed by atoms with Crippen LogP contribution in [0, 0.1) is 0 Å². The molecule has 0 fully saturated rings. The van der Waals surface area contributed by atoms with Gasteiger partial charge in [0.1, 0.15) is 11.6 Å². The maximum atomic E-state index is 13.0. The number of fused-ring (bicyclic) bond motifs is 1. The number of hydrogen-bond donors (Lipinski definition) is 2. The molecule has 0 aliphatic rings. The molecule has 1 heterocycles. The highest BCUT2D eigenvalue weighted by Crippen LogP contribution is 2.25. The van der Waals surface area contributed by atoms with Crippen LogP contribution >= 0.6 is 0 Å². The Morgan fingerprint density at radius 2 is 1.66 bits per heavy atom. The SMILES string of the molecule is CCCCCN(C(=O)NC)n1c(CCCC)nc2ccc(Cc3ccc(OC(C(=O)O)c4ccccc4)cc3)cc21. The summed E-state index contributed by atoms with van der Waals surface area (Å²) in [5, 5.41) is 14.3. The van der Waals surface area contributed by atoms with Crippen LogP contribution in [0.2, 0.25) is 0 Å². The Balaban J connectivity index is 1.59. The lowest BCUT2D eigenvalue weighted by atomic mass is 10.0. The smallest absolute Gasteiger partial charge is 0.349 e. The van der Waals surface area contributed by atoms with Crippen molar-refractivity contribution in [1.29, 1.82) is 0 Å². The number of benzene rings is 3. The Kier molecular flexibility index (Phi) is 10.4. The standard InChI is InChI=1S/C33H40N4O4/c1-4-6-11-21-36(33(40)34-3)37-29-23-25(17-20-28(29)35-30(37)14-7-5-2)22-24-15-18-27(19-16-24)41-31(32(38)39)26-12-9-8-10-13-26/h8-10,12-13,15-20,23,31H,4-7,11,14,21-22H2,1-3H3,(H,34,40)(H,38,39). The van der Waals surface area contributed by atoms with Crippen molar-refractivity contribution in [3.05, 3.63) is 95.3 Å². The molecule has 1 unspecified atom stereocenters. The third-order valence-electron chi connectivity index (χ3n) is 7.09. The van der Waals surface area contributed by atoms with Crippen LogP contribution in [0.15, 0.2) is 72.8 Å². The molecule has 0 bridgehead atoms. The van der Waals surface area contributed by atoms with E-state index in [4.69, 9.17) is 9.72 Å². The van der Waals surface area contributed by atoms with Gasteiger partial charge in [-0.25, -0.2) is 24.3 Å². The van der Waals surface area contributed by atoms with E-state index in [2.05, 4.69) is 31.3 Å². The van der Waals surface area contributed by atoms with Crippen LogP contribution in [0.3, 0.4) is 0 Å². The van der Waals surface area contributed by atoms with Gasteiger partial charge in [-0.15, -0.1) is 0 Å². The summed E-state index contributed by atoms with van der Waals surface area (Å²) >= 11 is 0. The minimum absolute atomic E-state index is 0.144. The number of aliphatic carboxylic acids is 1. The molecule has 1 aromatic heterocycles. The zero-order valence-corrected chi connectivity index (χ0v) is 24.2. The first-order valence-corrected chi connectivity index (χ1v) is 14.5. The van der Waals surface area contributed by atoms with E-state index in [1.165, 1.54) is 0 Å². The van der Waals surface area contributed by atoms with Gasteiger partial charge in [-0.3, -0.25) is 0 Å². The summed E-state index contributed by atoms with van der Waals surface area (Å²) in [7, 11) is 1.66. The number of carboxylic acid groups (broad SMARTS) is 1. The summed E-state index contributed by atoms with van der Waals surface area (Å²) in [6, 6.07) is 22.5. The molecule has 4 rings (SSSR count). The van der Waals surface area contributed by atoms with Gasteiger partial charge >= 0.3 is 12.0 Å². The topological polar surface area (TPSA) is 96.7 Å². The second-order valence-corrected chi connectivity index (χ2v) is 10.2. The van der Waals surface area contributed by atoms with E-state index < -0.39 is 12.1 Å². The van der Waals surface area contributed by atoms with Gasteiger partial charge in [0.25, 0.3) is 0 Å². The number of carboxylic acids is 1. The van der Waals surface area contributed by atoms with E-state index in [0.29, 0.717) is 24.3 Å². The highest BCUT2D eigenvalue weighted by Gasteiger charge is 2.23. The van der Waals surface area contributed by atoms with Crippen molar-refractivity contribution >= 4 is 23.0 Å². The molecule has 0 aliphatic carbocycles. The van der Waals surface area contributed by atoms with E-state index in [9.17, 15) is 14.7 Å². The average Bonchev–Trinajstić information content (AvgIpc) is 3.35. The molecule has 0 radical (unpaired) electrons. The number of rotatable bonds is 14. The van der Waals surface area contributed by atoms with E-state index in [-0.39, 0.29) is 6.03 Å². The summed E-state index contributed by atoms with van der Waals surface area (Å²) in [5.74, 6) is 0.350. The van der Waals surface area contributed by atoms with E-state index >= 15 is 0 Å². The summed E-state index contributed by atoms with van der Waals surface area (Å²) in [6.07, 6.45) is 5.47. The van der Waals surface area contributed by atoms with Crippen LogP contribution in [-0.4, -0.2) is 40.4 Å². The molecule has 8 heteroatoms. The van der Waals surface area contributed by atoms with Crippen molar-refractivity contribution in [1.82, 2.24) is 15.0 Å². The molecule has 0 saturated heterocycles. The first-order valence-electron chi connectivity index (χ1n) is 14.5. The fourth-order valence-corrected chi connectivity index (χ4v) is 4.91. The Labute approximate surface area is 241 Å². The van der Waals surface area contributed by atoms with Gasteiger partial charge in [0.2, 0.25) is 6.10 Å². The molecule has 1 atom stereocenters. The molecule has 3 aromatic carbocycles. The number of unbranched alkanes of at least 4 members (excludes halogenated alkanes) is 3. The van der Waals surface area contributed by atoms with E-state index in [0.717, 1.165) is 66.5 Å². The lowest BCUT2D eigenvalue weighted by molar-refractivity contribution is -0.145. The van der Waals surface area contributed by atoms with Crippen LogP contribution in [0.25, 0.3) is 11.0 Å². The number of aromatic nitrogens is 2. The predicted octanol–water partition coefficient (Wildman–Crippen LogP) is 6.64. The van der Waals surface area contributed by atoms with E-state index in [1.54, 1.807) is 48.5 Å². The molecule has 2 N–H and O–H groups in total. The molecule has 0 aliphatic heterocycles. The third-order valence-corrected chi connectivity index (χ3v) is 7.09. The van der Waals surface area contributed by atoms with Crippen LogP contribution in [0.4, 0.5) is 4.79 Å². The lowest BCUT2D eigenvalue weighted by Gasteiger charge is -2.26. The van der Waals surface area contributed by atoms with E-state index in [1.807, 2.05) is 28.9 Å². The monoisotopic (exact) mass is 556 g/mol. The van der Waals surface area contributed by atoms with Gasteiger partial charge in [0.05, 0.1) is 11.0 Å². The van der Waals surface area contributed by atoms with Crippen molar-refractivity contribution in [3.63, 3.8) is 0 Å². The van der Waals surface area contributed by atoms with Crippen LogP contribution in [0.5, 0.6) is 5.75 Å². The second kappa shape index (κ2) is 14.3. The normalized spacial score (nSPS) is 11.8. The van der Waals surface area contributed by atoms with Gasteiger partial charge in [-0.05, 0) is 54.7 Å². The average molecular weight is 557 g/mol. The van der Waals surface area contributed by atoms with Crippen LogP contribution < -0.4 is 15.1 Å². The van der Waals surface area contributed by atoms with Crippen LogP contribution in [-0.2, 0) is 17.6 Å². The molecule has 4 aromatic rings. The fourth-order valence-electron chi connectivity index (χ4n) is 4.91. The van der Waals surface area contributed by atoms with Gasteiger partial charge in [-0.1, -0.05) is 81.6 Å². The molecule has 0 spiro atoms. The Morgan fingerprint density at radius 3 is 2.32 bits per heavy atom. The van der Waals surface area contributed by atoms with Crippen molar-refractivity contribution in [2.75, 3.05) is 18.6 Å². The number of ether oxygens (including phenoxy) is 1. The summed E-state index contributed by atoms with van der Waals surface area (Å²) in [4.78, 5) is 29.8. The zero-order valence-electron chi connectivity index (χ0n) is 24.2. The Hall–Kier alpha value is -4.33. The van der Waals surface area contributed by atoms with Crippen molar-refractivity contribution in [2.24, 2.45) is 0 Å². The van der Waals surface area contributed by atoms with Gasteiger partial charge in [0.15, 0.2) is 0 Å². The Morgan fingerprint density at radius 1 is 0.951 bits per heavy atom. The Bertz CT molecular complexity index is 1430. The molecule has 216 valence electrons. The molecule has 41 heavy (non-hydrogen) atoms. The number of carbonyl (C=O) groups excluding carboxylic acids is 1. The highest BCUT2D eigenvalue weighted by molar-refractivity contribution is 5.87. The second-order valence-electron chi connectivity index (χ2n) is 10.2. The number of nitrogens with one attached hydrogen (secondary N) is 1. The third kappa shape index (κ3) is 7.45. The number of imidazole rings is 1. The fraction of sp³-hybridized carbons (Fsp3) is 0.364. The quantitative estimate of drug-likeness (QED) is 0.170. The molecular formula is C33H40N4O4. The summed E-state index contributed by atoms with van der Waals surface area (Å²) < 4.78 is 7.83. The maximum Gasteiger partial charge on any atom is 0.349 e. The van der Waals surface area contributed by atoms with Crippen LogP contribution in [0.1, 0.15) is 74.6 Å². The first-order chi connectivity index (χ1) is 19.9. The molecule has 2 amide bonds. The number of hydrogen-bond acceptors (Lipinski definition) is 4. The molecule has 8 nitrogen and oxygen atoms in total. The van der Waals surface area contributed by atoms with Crippen molar-refractivity contribution in [2.45, 2.75) is 64.9 Å². The summed E-state index contributed by atoms with van der Waals surface area (Å²) in [6.45, 7) is 4.93. The molecule has 0 saturated carbocycles. The van der Waals surface area contributed by atoms with Crippen molar-refractivity contribution < 1.29 is 19.4 Å². The minimum Gasteiger partial charge on any atom is -0.478 e. The number of amides is 2. The van der Waals surface area contributed by atoms with Gasteiger partial charge in [-0.2, -0.15) is 0 Å². The molecular weight excluding hydrogens is 516 g/mol. The minimum atomic E-state index is -1.08. The lowest BCUT2D eigenvalue weighted by Crippen LogP contribution is -2.47. The maximum absolute atomic E-state index is 13.0. The van der Waals surface area contributed by atoms with Gasteiger partial charge < -0.3 is 15.2 Å². The number of nitrogens with zero attached hydrogens (tertiary/aromatic N) is 3. The van der Waals surface area contributed by atoms with Gasteiger partial charge in [0, 0.05) is 25.6 Å². The largest absolute Gasteiger partial charge is 0.478 e. The summed E-state index contributed by atoms with van der Waals surface area (Å²) in [5.41, 5.74) is 4.53. The first kappa shape index (κ1) is 29.6. The number of urea groups is 1. The van der Waals surface area contributed by atoms with Crippen molar-refractivity contribution in [3.8, 4) is 5.75 Å². The number of aryl methyl sites for hydroxylation is 1. The highest BCUT2D eigenvalue weighted by atomic mass is 16.5.